The summed E-state index contributed by atoms with van der Waals surface area (Å²) >= 11 is 1.66. The summed E-state index contributed by atoms with van der Waals surface area (Å²) in [6, 6.07) is 4.32. The quantitative estimate of drug-likeness (QED) is 0.454. The molecule has 7 nitrogen and oxygen atoms in total. The molecule has 0 saturated heterocycles. The maximum Gasteiger partial charge on any atom is 0.294 e. The predicted octanol–water partition coefficient (Wildman–Crippen LogP) is 2.09. The van der Waals surface area contributed by atoms with E-state index in [-0.39, 0.29) is 28.9 Å². The highest BCUT2D eigenvalue weighted by molar-refractivity contribution is 7.98. The molecule has 0 radical (unpaired) electrons. The van der Waals surface area contributed by atoms with E-state index in [4.69, 9.17) is 5.84 Å². The number of hydrogen-bond donors (Lipinski definition) is 2. The second-order valence-electron chi connectivity index (χ2n) is 4.57. The lowest BCUT2D eigenvalue weighted by Crippen LogP contribution is -2.38. The van der Waals surface area contributed by atoms with Crippen LogP contribution < -0.4 is 11.3 Å². The van der Waals surface area contributed by atoms with Gasteiger partial charge in [-0.3, -0.25) is 20.8 Å². The van der Waals surface area contributed by atoms with Crippen LogP contribution in [0.5, 0.6) is 0 Å². The van der Waals surface area contributed by atoms with E-state index < -0.39 is 4.92 Å². The number of hydrogen-bond acceptors (Lipinski definition) is 6. The van der Waals surface area contributed by atoms with Crippen molar-refractivity contribution in [2.75, 3.05) is 24.5 Å². The molecule has 1 unspecified atom stereocenters. The number of carbonyl (C=O) groups is 1. The number of hydrazine groups is 1. The van der Waals surface area contributed by atoms with Gasteiger partial charge in [0.1, 0.15) is 5.69 Å². The Morgan fingerprint density at radius 2 is 2.24 bits per heavy atom. The average Bonchev–Trinajstić information content (AvgIpc) is 2.50. The number of nitrogens with zero attached hydrogens (tertiary/aromatic N) is 2. The predicted molar refractivity (Wildman–Crippen MR) is 85.5 cm³/mol. The molecule has 21 heavy (non-hydrogen) atoms. The second kappa shape index (κ2) is 7.84. The molecular formula is C13H20N4O3S. The molecule has 1 atom stereocenters. The molecule has 0 spiro atoms. The largest absolute Gasteiger partial charge is 0.338 e. The van der Waals surface area contributed by atoms with Crippen molar-refractivity contribution < 1.29 is 9.72 Å². The molecule has 0 bridgehead atoms. The summed E-state index contributed by atoms with van der Waals surface area (Å²) in [6.45, 7) is 2.01. The van der Waals surface area contributed by atoms with E-state index in [1.54, 1.807) is 23.7 Å². The Balaban J connectivity index is 3.07. The zero-order valence-electron chi connectivity index (χ0n) is 12.3. The number of rotatable bonds is 7. The van der Waals surface area contributed by atoms with E-state index in [1.807, 2.05) is 13.2 Å². The van der Waals surface area contributed by atoms with Gasteiger partial charge < -0.3 is 10.3 Å². The number of thioether (sulfide) groups is 1. The number of nitrogens with two attached hydrogens (primary N) is 1. The molecule has 0 fully saturated rings. The fraction of sp³-hybridized carbons (Fsp3) is 0.462. The summed E-state index contributed by atoms with van der Waals surface area (Å²) in [6.07, 6.45) is 2.81. The number of amides is 1. The first kappa shape index (κ1) is 17.3. The van der Waals surface area contributed by atoms with Crippen molar-refractivity contribution in [3.63, 3.8) is 0 Å². The van der Waals surface area contributed by atoms with Crippen molar-refractivity contribution >= 4 is 29.0 Å². The monoisotopic (exact) mass is 312 g/mol. The highest BCUT2D eigenvalue weighted by atomic mass is 32.2. The van der Waals surface area contributed by atoms with Gasteiger partial charge in [0, 0.05) is 30.5 Å². The Morgan fingerprint density at radius 1 is 1.57 bits per heavy atom. The lowest BCUT2D eigenvalue weighted by molar-refractivity contribution is -0.384. The normalized spacial score (nSPS) is 11.8. The number of anilines is 1. The number of nitrogen functional groups attached to an aromatic ring is 1. The van der Waals surface area contributed by atoms with Gasteiger partial charge in [-0.25, -0.2) is 0 Å². The van der Waals surface area contributed by atoms with Gasteiger partial charge in [0.25, 0.3) is 11.6 Å². The lowest BCUT2D eigenvalue weighted by Gasteiger charge is -2.26. The van der Waals surface area contributed by atoms with Gasteiger partial charge in [0.15, 0.2) is 0 Å². The maximum absolute atomic E-state index is 12.4. The van der Waals surface area contributed by atoms with Crippen molar-refractivity contribution in [1.82, 2.24) is 4.90 Å². The van der Waals surface area contributed by atoms with Gasteiger partial charge in [-0.15, -0.1) is 0 Å². The molecule has 0 heterocycles. The number of nitro groups is 1. The molecular weight excluding hydrogens is 292 g/mol. The molecule has 0 aliphatic heterocycles. The summed E-state index contributed by atoms with van der Waals surface area (Å²) in [4.78, 5) is 24.5. The van der Waals surface area contributed by atoms with Crippen LogP contribution in [0.15, 0.2) is 18.2 Å². The van der Waals surface area contributed by atoms with Gasteiger partial charge in [-0.2, -0.15) is 11.8 Å². The van der Waals surface area contributed by atoms with Gasteiger partial charge in [-0.05, 0) is 24.8 Å². The van der Waals surface area contributed by atoms with Crippen LogP contribution >= 0.6 is 11.8 Å². The Hall–Kier alpha value is -1.80. The van der Waals surface area contributed by atoms with Crippen LogP contribution in [0.2, 0.25) is 0 Å². The Kier molecular flexibility index (Phi) is 6.44. The van der Waals surface area contributed by atoms with Gasteiger partial charge in [-0.1, -0.05) is 6.92 Å². The van der Waals surface area contributed by atoms with Crippen LogP contribution in [-0.2, 0) is 0 Å². The summed E-state index contributed by atoms with van der Waals surface area (Å²) in [5, 5.41) is 11.0. The molecule has 1 rings (SSSR count). The molecule has 0 aliphatic carbocycles. The summed E-state index contributed by atoms with van der Waals surface area (Å²) in [5.41, 5.74) is 2.50. The number of nitrogens with one attached hydrogen (secondary N) is 1. The van der Waals surface area contributed by atoms with Crippen LogP contribution in [0.3, 0.4) is 0 Å². The fourth-order valence-corrected chi connectivity index (χ4v) is 2.85. The van der Waals surface area contributed by atoms with E-state index in [0.717, 1.165) is 12.2 Å². The Bertz CT molecular complexity index is 524. The third-order valence-corrected chi connectivity index (χ3v) is 4.01. The van der Waals surface area contributed by atoms with Crippen molar-refractivity contribution in [1.29, 1.82) is 0 Å². The minimum Gasteiger partial charge on any atom is -0.338 e. The van der Waals surface area contributed by atoms with E-state index in [0.29, 0.717) is 0 Å². The van der Waals surface area contributed by atoms with E-state index in [9.17, 15) is 14.9 Å². The van der Waals surface area contributed by atoms with E-state index in [2.05, 4.69) is 5.43 Å². The summed E-state index contributed by atoms with van der Waals surface area (Å²) in [5.74, 6) is 5.82. The first-order valence-electron chi connectivity index (χ1n) is 6.47. The minimum absolute atomic E-state index is 0.0962. The molecule has 1 aromatic carbocycles. The van der Waals surface area contributed by atoms with Gasteiger partial charge in [0.2, 0.25) is 0 Å². The number of carbonyl (C=O) groups excluding carboxylic acids is 1. The van der Waals surface area contributed by atoms with Crippen LogP contribution in [0.4, 0.5) is 11.4 Å². The molecule has 1 aromatic rings. The topological polar surface area (TPSA) is 102 Å². The SMILES string of the molecule is CCC(CSC)N(C)C(=O)c1ccc(NN)c([N+](=O)[O-])c1. The van der Waals surface area contributed by atoms with Gasteiger partial charge >= 0.3 is 0 Å². The molecule has 116 valence electrons. The Morgan fingerprint density at radius 3 is 2.71 bits per heavy atom. The Labute approximate surface area is 128 Å². The molecule has 1 amide bonds. The molecule has 0 saturated carbocycles. The summed E-state index contributed by atoms with van der Waals surface area (Å²) in [7, 11) is 1.72. The van der Waals surface area contributed by atoms with Gasteiger partial charge in [0.05, 0.1) is 4.92 Å². The fourth-order valence-electron chi connectivity index (χ4n) is 2.00. The molecule has 8 heteroatoms. The molecule has 0 aromatic heterocycles. The van der Waals surface area contributed by atoms with E-state index in [1.165, 1.54) is 18.2 Å². The summed E-state index contributed by atoms with van der Waals surface area (Å²) < 4.78 is 0. The van der Waals surface area contributed by atoms with Crippen molar-refractivity contribution in [3.8, 4) is 0 Å². The molecule has 0 aliphatic rings. The van der Waals surface area contributed by atoms with Crippen LogP contribution in [0.25, 0.3) is 0 Å². The van der Waals surface area contributed by atoms with Crippen LogP contribution in [-0.4, -0.2) is 40.8 Å². The maximum atomic E-state index is 12.4. The zero-order valence-corrected chi connectivity index (χ0v) is 13.1. The first-order valence-corrected chi connectivity index (χ1v) is 7.86. The lowest BCUT2D eigenvalue weighted by atomic mass is 10.1. The highest BCUT2D eigenvalue weighted by Gasteiger charge is 2.22. The minimum atomic E-state index is -0.564. The van der Waals surface area contributed by atoms with Crippen molar-refractivity contribution in [3.05, 3.63) is 33.9 Å². The standard InChI is InChI=1S/C13H20N4O3S/c1-4-10(8-21-3)16(2)13(18)9-5-6-11(15-14)12(7-9)17(19)20/h5-7,10,15H,4,8,14H2,1-3H3. The number of benzene rings is 1. The third kappa shape index (κ3) is 4.08. The highest BCUT2D eigenvalue weighted by Crippen LogP contribution is 2.25. The average molecular weight is 312 g/mol. The third-order valence-electron chi connectivity index (χ3n) is 3.30. The molecule has 3 N–H and O–H groups in total. The second-order valence-corrected chi connectivity index (χ2v) is 5.48. The smallest absolute Gasteiger partial charge is 0.294 e. The van der Waals surface area contributed by atoms with Crippen LogP contribution in [0.1, 0.15) is 23.7 Å². The zero-order chi connectivity index (χ0) is 16.0. The van der Waals surface area contributed by atoms with Crippen molar-refractivity contribution in [2.24, 2.45) is 5.84 Å². The van der Waals surface area contributed by atoms with E-state index >= 15 is 0 Å². The number of nitro benzene ring substituents is 1. The first-order chi connectivity index (χ1) is 9.96. The van der Waals surface area contributed by atoms with Crippen LogP contribution in [0, 0.1) is 10.1 Å². The van der Waals surface area contributed by atoms with Crippen molar-refractivity contribution in [2.45, 2.75) is 19.4 Å².